The van der Waals surface area contributed by atoms with Gasteiger partial charge in [0.2, 0.25) is 0 Å². The molecule has 1 atom stereocenters. The molecule has 5 rings (SSSR count). The highest BCUT2D eigenvalue weighted by molar-refractivity contribution is 7.50. The van der Waals surface area contributed by atoms with Gasteiger partial charge in [-0.15, -0.1) is 0 Å². The van der Waals surface area contributed by atoms with E-state index in [9.17, 15) is 4.79 Å². The van der Waals surface area contributed by atoms with Crippen LogP contribution in [0.5, 0.6) is 0 Å². The molecule has 3 heteroatoms. The fraction of sp³-hybridized carbons (Fsp3) is 0.107. The molecule has 31 heavy (non-hydrogen) atoms. The van der Waals surface area contributed by atoms with Gasteiger partial charge < -0.3 is 4.74 Å². The van der Waals surface area contributed by atoms with Crippen molar-refractivity contribution < 1.29 is 9.53 Å². The van der Waals surface area contributed by atoms with E-state index >= 15 is 0 Å². The fourth-order valence-corrected chi connectivity index (χ4v) is 6.41. The van der Waals surface area contributed by atoms with Crippen LogP contribution in [-0.2, 0) is 10.3 Å². The van der Waals surface area contributed by atoms with Crippen molar-refractivity contribution in [3.05, 3.63) is 114 Å². The number of esters is 1. The predicted molar refractivity (Wildman–Crippen MR) is 130 cm³/mol. The van der Waals surface area contributed by atoms with Crippen molar-refractivity contribution in [1.29, 1.82) is 0 Å². The Morgan fingerprint density at radius 3 is 2.06 bits per heavy atom. The van der Waals surface area contributed by atoms with Crippen LogP contribution in [0.15, 0.2) is 103 Å². The van der Waals surface area contributed by atoms with Gasteiger partial charge in [0, 0.05) is 21.2 Å². The molecule has 0 fully saturated rings. The number of ether oxygens (including phenoxy) is 1. The van der Waals surface area contributed by atoms with Gasteiger partial charge in [-0.2, -0.15) is 0 Å². The van der Waals surface area contributed by atoms with Crippen molar-refractivity contribution in [2.75, 3.05) is 0 Å². The molecule has 0 spiro atoms. The zero-order valence-corrected chi connectivity index (χ0v) is 18.4. The largest absolute Gasteiger partial charge is 0.451 e. The number of rotatable bonds is 4. The molecule has 0 N–H and O–H groups in total. The summed E-state index contributed by atoms with van der Waals surface area (Å²) in [6, 6.07) is 34.9. The number of benzene rings is 4. The zero-order chi connectivity index (χ0) is 21.4. The van der Waals surface area contributed by atoms with Crippen molar-refractivity contribution in [3.63, 3.8) is 0 Å². The predicted octanol–water partition coefficient (Wildman–Crippen LogP) is 7.82. The number of hydrogen-bond donors (Lipinski definition) is 0. The molecule has 2 nitrogen and oxygen atoms in total. The van der Waals surface area contributed by atoms with Crippen LogP contribution in [0.2, 0.25) is 0 Å². The highest BCUT2D eigenvalue weighted by Crippen LogP contribution is 2.48. The van der Waals surface area contributed by atoms with Crippen molar-refractivity contribution in [1.82, 2.24) is 0 Å². The Kier molecular flexibility index (Phi) is 4.84. The van der Waals surface area contributed by atoms with Gasteiger partial charge >= 0.3 is 5.97 Å². The van der Waals surface area contributed by atoms with E-state index in [2.05, 4.69) is 54.6 Å². The van der Waals surface area contributed by atoms with E-state index in [0.717, 1.165) is 10.9 Å². The van der Waals surface area contributed by atoms with E-state index in [1.165, 1.54) is 19.7 Å². The van der Waals surface area contributed by atoms with E-state index in [1.807, 2.05) is 62.4 Å². The van der Waals surface area contributed by atoms with Crippen LogP contribution in [-0.4, -0.2) is 5.97 Å². The van der Waals surface area contributed by atoms with Crippen LogP contribution in [0.4, 0.5) is 0 Å². The number of thiophene rings is 1. The Morgan fingerprint density at radius 1 is 0.710 bits per heavy atom. The second-order valence-electron chi connectivity index (χ2n) is 8.09. The normalized spacial score (nSPS) is 12.3. The lowest BCUT2D eigenvalue weighted by Crippen LogP contribution is -2.25. The maximum absolute atomic E-state index is 13.1. The molecular weight excluding hydrogens is 400 g/mol. The Morgan fingerprint density at radius 2 is 1.32 bits per heavy atom. The highest BCUT2D eigenvalue weighted by Gasteiger charge is 2.28. The summed E-state index contributed by atoms with van der Waals surface area (Å²) >= 11 is 0. The van der Waals surface area contributed by atoms with Crippen molar-refractivity contribution in [2.24, 2.45) is 0 Å². The molecule has 0 radical (unpaired) electrons. The molecule has 0 aliphatic carbocycles. The summed E-state index contributed by atoms with van der Waals surface area (Å²) in [4.78, 5) is 14.4. The van der Waals surface area contributed by atoms with E-state index < -0.39 is 5.60 Å². The first-order chi connectivity index (χ1) is 15.0. The van der Waals surface area contributed by atoms with Crippen molar-refractivity contribution >= 4 is 36.6 Å². The maximum atomic E-state index is 13.1. The monoisotopic (exact) mass is 423 g/mol. The van der Waals surface area contributed by atoms with Crippen molar-refractivity contribution in [2.45, 2.75) is 19.4 Å². The van der Waals surface area contributed by atoms with Gasteiger partial charge in [0.25, 0.3) is 0 Å². The van der Waals surface area contributed by atoms with E-state index in [1.54, 1.807) is 0 Å². The molecule has 0 saturated carbocycles. The van der Waals surface area contributed by atoms with Crippen LogP contribution in [0.25, 0.3) is 25.1 Å². The highest BCUT2D eigenvalue weighted by atomic mass is 32.2. The van der Waals surface area contributed by atoms with Gasteiger partial charge in [0.05, 0.1) is 5.56 Å². The first-order valence-corrected chi connectivity index (χ1v) is 11.6. The van der Waals surface area contributed by atoms with Gasteiger partial charge in [-0.25, -0.2) is 4.79 Å². The standard InChI is InChI=1S/C28H23O2S/c1-28(2,21-11-5-3-6-12-21)30-27(29)20-17-18-26-24(19-20)23-15-9-10-16-25(23)31(26)22-13-7-4-8-14-22/h3-19H,1-2H3/q+1. The van der Waals surface area contributed by atoms with Gasteiger partial charge in [0.1, 0.15) is 5.60 Å². The van der Waals surface area contributed by atoms with E-state index in [4.69, 9.17) is 4.74 Å². The molecule has 1 aromatic heterocycles. The second-order valence-corrected chi connectivity index (χ2v) is 10.1. The summed E-state index contributed by atoms with van der Waals surface area (Å²) in [5.74, 6) is -0.305. The van der Waals surface area contributed by atoms with Crippen LogP contribution in [0.3, 0.4) is 0 Å². The first kappa shape index (κ1) is 19.5. The Labute approximate surface area is 184 Å². The van der Waals surface area contributed by atoms with Gasteiger partial charge in [-0.1, -0.05) is 60.7 Å². The Bertz CT molecular complexity index is 1380. The summed E-state index contributed by atoms with van der Waals surface area (Å²) in [5, 5.41) is 2.32. The number of fused-ring (bicyclic) bond motifs is 3. The van der Waals surface area contributed by atoms with E-state index in [-0.39, 0.29) is 16.4 Å². The van der Waals surface area contributed by atoms with E-state index in [0.29, 0.717) is 5.56 Å². The second kappa shape index (κ2) is 7.68. The summed E-state index contributed by atoms with van der Waals surface area (Å²) in [7, 11) is -0.163. The molecule has 0 saturated heterocycles. The lowest BCUT2D eigenvalue weighted by Gasteiger charge is -2.25. The molecular formula is C28H23O2S+. The van der Waals surface area contributed by atoms with Gasteiger partial charge in [-0.05, 0) is 61.9 Å². The van der Waals surface area contributed by atoms with Gasteiger partial charge in [0.15, 0.2) is 14.3 Å². The third-order valence-corrected chi connectivity index (χ3v) is 7.96. The topological polar surface area (TPSA) is 26.3 Å². The lowest BCUT2D eigenvalue weighted by molar-refractivity contribution is -0.00310. The number of carbonyl (C=O) groups is 1. The molecule has 0 bridgehead atoms. The summed E-state index contributed by atoms with van der Waals surface area (Å²) in [6.45, 7) is 3.85. The molecule has 5 aromatic rings. The summed E-state index contributed by atoms with van der Waals surface area (Å²) in [6.07, 6.45) is 0. The molecule has 0 aliphatic rings. The van der Waals surface area contributed by atoms with Crippen LogP contribution in [0.1, 0.15) is 29.8 Å². The van der Waals surface area contributed by atoms with Crippen molar-refractivity contribution in [3.8, 4) is 4.90 Å². The maximum Gasteiger partial charge on any atom is 0.339 e. The third kappa shape index (κ3) is 3.51. The minimum atomic E-state index is -0.705. The minimum Gasteiger partial charge on any atom is -0.451 e. The zero-order valence-electron chi connectivity index (χ0n) is 17.5. The van der Waals surface area contributed by atoms with Crippen LogP contribution < -0.4 is 0 Å². The minimum absolute atomic E-state index is 0.163. The lowest BCUT2D eigenvalue weighted by atomic mass is 9.98. The average molecular weight is 424 g/mol. The summed E-state index contributed by atoms with van der Waals surface area (Å²) < 4.78 is 8.49. The third-order valence-electron chi connectivity index (χ3n) is 5.63. The Balaban J connectivity index is 1.60. The molecule has 0 amide bonds. The Hall–Kier alpha value is -3.43. The SMILES string of the molecule is CC(C)(OC(=O)c1ccc2c(c1)c1ccccc1[s+]2-c1ccccc1)c1ccccc1. The summed E-state index contributed by atoms with van der Waals surface area (Å²) in [5.41, 5.74) is 0.848. The number of hydrogen-bond acceptors (Lipinski definition) is 2. The molecule has 4 aromatic carbocycles. The molecule has 152 valence electrons. The smallest absolute Gasteiger partial charge is 0.339 e. The fourth-order valence-electron chi connectivity index (χ4n) is 4.03. The van der Waals surface area contributed by atoms with Gasteiger partial charge in [-0.3, -0.25) is 0 Å². The first-order valence-electron chi connectivity index (χ1n) is 10.4. The number of carbonyl (C=O) groups excluding carboxylic acids is 1. The quantitative estimate of drug-likeness (QED) is 0.217. The average Bonchev–Trinajstić information content (AvgIpc) is 3.14. The molecule has 1 heterocycles. The van der Waals surface area contributed by atoms with Crippen LogP contribution in [0, 0.1) is 0 Å². The molecule has 1 unspecified atom stereocenters. The molecule has 0 aliphatic heterocycles. The van der Waals surface area contributed by atoms with Crippen LogP contribution >= 0.6 is 10.5 Å².